The van der Waals surface area contributed by atoms with Gasteiger partial charge in [-0.25, -0.2) is 0 Å². The summed E-state index contributed by atoms with van der Waals surface area (Å²) in [5.41, 5.74) is 7.91. The SMILES string of the molecule is c1ccc(-n2c3ccc(Nc4ccccc4[SiH](c4ccccc4)c4ccccc4)cc3c3cc(Nc4ccccc4[SiH](c4ccccc4)c4ccccc4)ccc32)cc1. The van der Waals surface area contributed by atoms with E-state index in [1.165, 1.54) is 52.9 Å². The number of hydrogen-bond donors (Lipinski definition) is 2. The minimum absolute atomic E-state index is 1.06. The molecule has 1 aromatic heterocycles. The normalized spacial score (nSPS) is 11.4. The van der Waals surface area contributed by atoms with Crippen molar-refractivity contribution in [3.05, 3.63) is 237 Å². The summed E-state index contributed by atoms with van der Waals surface area (Å²) in [6, 6.07) is 86.2. The average Bonchev–Trinajstić information content (AvgIpc) is 3.62. The molecule has 0 aliphatic heterocycles. The summed E-state index contributed by atoms with van der Waals surface area (Å²) >= 11 is 0. The fraction of sp³-hybridized carbons (Fsp3) is 0. The van der Waals surface area contributed by atoms with E-state index in [1.54, 1.807) is 0 Å². The lowest BCUT2D eigenvalue weighted by Gasteiger charge is -2.21. The van der Waals surface area contributed by atoms with Crippen molar-refractivity contribution in [3.8, 4) is 5.69 Å². The van der Waals surface area contributed by atoms with Gasteiger partial charge in [0.2, 0.25) is 0 Å². The summed E-state index contributed by atoms with van der Waals surface area (Å²) in [5, 5.41) is 18.6. The van der Waals surface area contributed by atoms with Crippen LogP contribution in [0.15, 0.2) is 237 Å². The summed E-state index contributed by atoms with van der Waals surface area (Å²) in [6.45, 7) is 0. The zero-order chi connectivity index (χ0) is 39.4. The van der Waals surface area contributed by atoms with E-state index in [1.807, 2.05) is 0 Å². The van der Waals surface area contributed by atoms with Crippen molar-refractivity contribution in [2.75, 3.05) is 10.6 Å². The van der Waals surface area contributed by atoms with Gasteiger partial charge in [-0.2, -0.15) is 0 Å². The molecule has 0 aliphatic carbocycles. The lowest BCUT2D eigenvalue weighted by molar-refractivity contribution is 1.18. The minimum atomic E-state index is -1.78. The van der Waals surface area contributed by atoms with Gasteiger partial charge < -0.3 is 15.2 Å². The van der Waals surface area contributed by atoms with E-state index in [0.717, 1.165) is 28.4 Å². The molecule has 0 saturated heterocycles. The van der Waals surface area contributed by atoms with Crippen LogP contribution in [0.3, 0.4) is 0 Å². The van der Waals surface area contributed by atoms with Gasteiger partial charge in [-0.05, 0) is 71.0 Å². The maximum absolute atomic E-state index is 3.92. The van der Waals surface area contributed by atoms with Gasteiger partial charge in [-0.15, -0.1) is 0 Å². The van der Waals surface area contributed by atoms with Crippen molar-refractivity contribution in [1.29, 1.82) is 0 Å². The highest BCUT2D eigenvalue weighted by Gasteiger charge is 2.24. The predicted octanol–water partition coefficient (Wildman–Crippen LogP) is 8.77. The molecule has 3 nitrogen and oxygen atoms in total. The fourth-order valence-electron chi connectivity index (χ4n) is 8.76. The molecule has 0 unspecified atom stereocenters. The first-order valence-corrected chi connectivity index (χ1v) is 23.8. The Kier molecular flexibility index (Phi) is 10.0. The Labute approximate surface area is 349 Å². The lowest BCUT2D eigenvalue weighted by Crippen LogP contribution is -2.52. The molecule has 5 heteroatoms. The van der Waals surface area contributed by atoms with E-state index < -0.39 is 17.6 Å². The van der Waals surface area contributed by atoms with Crippen LogP contribution in [0.1, 0.15) is 0 Å². The van der Waals surface area contributed by atoms with Crippen LogP contribution in [0.5, 0.6) is 0 Å². The maximum atomic E-state index is 3.92. The van der Waals surface area contributed by atoms with Crippen molar-refractivity contribution < 1.29 is 0 Å². The highest BCUT2D eigenvalue weighted by molar-refractivity contribution is 6.97. The molecule has 0 atom stereocenters. The Morgan fingerprint density at radius 2 is 0.627 bits per heavy atom. The average molecular weight is 790 g/mol. The third kappa shape index (κ3) is 7.30. The zero-order valence-electron chi connectivity index (χ0n) is 32.6. The standard InChI is InChI=1S/C54H43N3Si2/c1-6-20-42(21-7-1)57-51-36-34-40(55-49-30-16-18-32-53(49)58(43-22-8-2-9-23-43)44-24-10-3-11-25-44)38-47(51)48-39-41(35-37-52(48)57)56-50-31-17-19-33-54(50)59(45-26-12-4-13-27-45)46-28-14-5-15-29-46/h1-39,55-56,58-59H. The number of para-hydroxylation sites is 3. The molecule has 9 aromatic carbocycles. The second kappa shape index (κ2) is 16.4. The van der Waals surface area contributed by atoms with Gasteiger partial charge in [0, 0.05) is 39.2 Å². The van der Waals surface area contributed by atoms with Crippen molar-refractivity contribution in [3.63, 3.8) is 0 Å². The Hall–Kier alpha value is -7.19. The Morgan fingerprint density at radius 3 is 1.00 bits per heavy atom. The zero-order valence-corrected chi connectivity index (χ0v) is 34.9. The molecule has 0 bridgehead atoms. The van der Waals surface area contributed by atoms with Crippen LogP contribution in [0.4, 0.5) is 22.7 Å². The van der Waals surface area contributed by atoms with Crippen LogP contribution in [-0.2, 0) is 0 Å². The van der Waals surface area contributed by atoms with Gasteiger partial charge in [0.25, 0.3) is 0 Å². The van der Waals surface area contributed by atoms with Crippen LogP contribution in [-0.4, -0.2) is 22.2 Å². The van der Waals surface area contributed by atoms with Crippen molar-refractivity contribution in [2.24, 2.45) is 0 Å². The van der Waals surface area contributed by atoms with E-state index >= 15 is 0 Å². The topological polar surface area (TPSA) is 29.0 Å². The molecule has 0 spiro atoms. The summed E-state index contributed by atoms with van der Waals surface area (Å²) in [7, 11) is -3.56. The molecule has 0 aliphatic rings. The van der Waals surface area contributed by atoms with Crippen LogP contribution < -0.4 is 41.8 Å². The number of hydrogen-bond acceptors (Lipinski definition) is 2. The summed E-state index contributed by atoms with van der Waals surface area (Å²) < 4.78 is 2.39. The van der Waals surface area contributed by atoms with Gasteiger partial charge in [-0.1, -0.05) is 197 Å². The summed E-state index contributed by atoms with van der Waals surface area (Å²) in [6.07, 6.45) is 0. The molecule has 59 heavy (non-hydrogen) atoms. The van der Waals surface area contributed by atoms with E-state index in [9.17, 15) is 0 Å². The molecule has 282 valence electrons. The monoisotopic (exact) mass is 789 g/mol. The first-order valence-electron chi connectivity index (χ1n) is 20.3. The second-order valence-corrected chi connectivity index (χ2v) is 20.7. The van der Waals surface area contributed by atoms with Crippen molar-refractivity contribution in [2.45, 2.75) is 0 Å². The largest absolute Gasteiger partial charge is 0.356 e. The molecule has 1 heterocycles. The number of aromatic nitrogens is 1. The molecule has 0 fully saturated rings. The smallest absolute Gasteiger partial charge is 0.135 e. The fourth-order valence-corrected chi connectivity index (χ4v) is 15.0. The molecular formula is C54H43N3Si2. The predicted molar refractivity (Wildman–Crippen MR) is 258 cm³/mol. The van der Waals surface area contributed by atoms with E-state index in [4.69, 9.17) is 0 Å². The Bertz CT molecular complexity index is 2720. The molecule has 0 radical (unpaired) electrons. The van der Waals surface area contributed by atoms with Crippen molar-refractivity contribution in [1.82, 2.24) is 4.57 Å². The summed E-state index contributed by atoms with van der Waals surface area (Å²) in [5.74, 6) is 0. The van der Waals surface area contributed by atoms with Crippen LogP contribution in [0, 0.1) is 0 Å². The molecule has 0 saturated carbocycles. The second-order valence-electron chi connectivity index (χ2n) is 15.1. The van der Waals surface area contributed by atoms with E-state index in [2.05, 4.69) is 252 Å². The van der Waals surface area contributed by atoms with E-state index in [0.29, 0.717) is 0 Å². The third-order valence-electron chi connectivity index (χ3n) is 11.4. The number of fused-ring (bicyclic) bond motifs is 3. The van der Waals surface area contributed by atoms with Crippen LogP contribution >= 0.6 is 0 Å². The number of nitrogens with zero attached hydrogens (tertiary/aromatic N) is 1. The van der Waals surface area contributed by atoms with Gasteiger partial charge in [0.15, 0.2) is 0 Å². The maximum Gasteiger partial charge on any atom is 0.135 e. The quantitative estimate of drug-likeness (QED) is 0.101. The highest BCUT2D eigenvalue weighted by atomic mass is 28.3. The number of nitrogens with one attached hydrogen (secondary N) is 2. The van der Waals surface area contributed by atoms with Crippen LogP contribution in [0.2, 0.25) is 0 Å². The molecule has 10 aromatic rings. The van der Waals surface area contributed by atoms with Crippen LogP contribution in [0.25, 0.3) is 27.5 Å². The van der Waals surface area contributed by atoms with Gasteiger partial charge >= 0.3 is 0 Å². The number of anilines is 4. The van der Waals surface area contributed by atoms with Gasteiger partial charge in [-0.3, -0.25) is 0 Å². The Morgan fingerprint density at radius 1 is 0.305 bits per heavy atom. The molecular weight excluding hydrogens is 747 g/mol. The molecule has 0 amide bonds. The minimum Gasteiger partial charge on any atom is -0.356 e. The van der Waals surface area contributed by atoms with Gasteiger partial charge in [0.1, 0.15) is 17.6 Å². The summed E-state index contributed by atoms with van der Waals surface area (Å²) in [4.78, 5) is 0. The number of rotatable bonds is 11. The third-order valence-corrected chi connectivity index (χ3v) is 17.9. The van der Waals surface area contributed by atoms with E-state index in [-0.39, 0.29) is 0 Å². The number of benzene rings is 9. The first kappa shape index (κ1) is 36.2. The van der Waals surface area contributed by atoms with Crippen molar-refractivity contribution >= 4 is 93.3 Å². The first-order chi connectivity index (χ1) is 29.3. The van der Waals surface area contributed by atoms with Gasteiger partial charge in [0.05, 0.1) is 11.0 Å². The lowest BCUT2D eigenvalue weighted by atomic mass is 10.1. The molecule has 10 rings (SSSR count). The highest BCUT2D eigenvalue weighted by Crippen LogP contribution is 2.36. The Balaban J connectivity index is 1.07. The molecule has 2 N–H and O–H groups in total.